The molecule has 1 N–H and O–H groups in total. The van der Waals surface area contributed by atoms with Gasteiger partial charge < -0.3 is 5.32 Å². The molecule has 0 heterocycles. The van der Waals surface area contributed by atoms with Crippen LogP contribution in [-0.2, 0) is 0 Å². The van der Waals surface area contributed by atoms with Gasteiger partial charge in [-0.1, -0.05) is 13.3 Å². The van der Waals surface area contributed by atoms with E-state index >= 15 is 0 Å². The van der Waals surface area contributed by atoms with E-state index in [4.69, 9.17) is 0 Å². The van der Waals surface area contributed by atoms with Gasteiger partial charge in [-0.25, -0.2) is 8.78 Å². The summed E-state index contributed by atoms with van der Waals surface area (Å²) in [6.07, 6.45) is 2.30. The Bertz CT molecular complexity index is 172. The van der Waals surface area contributed by atoms with E-state index in [0.717, 1.165) is 19.4 Å². The Morgan fingerprint density at radius 2 is 2.07 bits per heavy atom. The van der Waals surface area contributed by atoms with Gasteiger partial charge in [-0.05, 0) is 26.3 Å². The Kier molecular flexibility index (Phi) is 5.47. The second-order valence-corrected chi connectivity index (χ2v) is 4.46. The highest BCUT2D eigenvalue weighted by molar-refractivity contribution is 4.83. The lowest BCUT2D eigenvalue weighted by Gasteiger charge is -2.27. The van der Waals surface area contributed by atoms with E-state index in [2.05, 4.69) is 12.2 Å². The van der Waals surface area contributed by atoms with Crippen molar-refractivity contribution in [1.29, 1.82) is 0 Å². The second kappa shape index (κ2) is 6.38. The third-order valence-corrected chi connectivity index (χ3v) is 2.89. The first-order valence-corrected chi connectivity index (χ1v) is 5.85. The van der Waals surface area contributed by atoms with Crippen molar-refractivity contribution >= 4 is 0 Å². The molecular formula is C11H22F2N2. The maximum absolute atomic E-state index is 12.2. The van der Waals surface area contributed by atoms with Crippen molar-refractivity contribution in [3.05, 3.63) is 0 Å². The summed E-state index contributed by atoms with van der Waals surface area (Å²) in [5.74, 6) is 0. The van der Waals surface area contributed by atoms with E-state index in [-0.39, 0.29) is 12.6 Å². The minimum absolute atomic E-state index is 0.114. The highest BCUT2D eigenvalue weighted by atomic mass is 19.3. The highest BCUT2D eigenvalue weighted by Gasteiger charge is 2.23. The molecule has 15 heavy (non-hydrogen) atoms. The highest BCUT2D eigenvalue weighted by Crippen LogP contribution is 2.19. The van der Waals surface area contributed by atoms with Gasteiger partial charge in [-0.2, -0.15) is 0 Å². The van der Waals surface area contributed by atoms with Gasteiger partial charge >= 0.3 is 0 Å². The lowest BCUT2D eigenvalue weighted by molar-refractivity contribution is 0.0779. The van der Waals surface area contributed by atoms with E-state index in [1.165, 1.54) is 12.8 Å². The van der Waals surface area contributed by atoms with Gasteiger partial charge in [0.25, 0.3) is 6.43 Å². The lowest BCUT2D eigenvalue weighted by Crippen LogP contribution is -2.42. The summed E-state index contributed by atoms with van der Waals surface area (Å²) in [4.78, 5) is 1.78. The molecule has 0 aliphatic heterocycles. The van der Waals surface area contributed by atoms with Crippen molar-refractivity contribution in [3.8, 4) is 0 Å². The largest absolute Gasteiger partial charge is 0.312 e. The summed E-state index contributed by atoms with van der Waals surface area (Å²) in [6, 6.07) is 0.911. The van der Waals surface area contributed by atoms with Crippen LogP contribution in [0.5, 0.6) is 0 Å². The second-order valence-electron chi connectivity index (χ2n) is 4.46. The van der Waals surface area contributed by atoms with Gasteiger partial charge in [0.05, 0.1) is 6.54 Å². The molecule has 1 atom stereocenters. The Labute approximate surface area is 91.0 Å². The quantitative estimate of drug-likeness (QED) is 0.674. The number of nitrogens with zero attached hydrogens (tertiary/aromatic N) is 1. The minimum atomic E-state index is -2.23. The summed E-state index contributed by atoms with van der Waals surface area (Å²) in [5.41, 5.74) is 0. The van der Waals surface area contributed by atoms with E-state index in [0.29, 0.717) is 6.04 Å². The van der Waals surface area contributed by atoms with Crippen molar-refractivity contribution in [2.24, 2.45) is 0 Å². The van der Waals surface area contributed by atoms with E-state index in [9.17, 15) is 8.78 Å². The molecule has 0 aromatic carbocycles. The van der Waals surface area contributed by atoms with Gasteiger partial charge in [0.1, 0.15) is 0 Å². The first kappa shape index (κ1) is 12.8. The molecule has 1 rings (SSSR count). The molecule has 0 bridgehead atoms. The van der Waals surface area contributed by atoms with Crippen molar-refractivity contribution < 1.29 is 8.78 Å². The molecule has 1 fully saturated rings. The van der Waals surface area contributed by atoms with Crippen LogP contribution in [0.4, 0.5) is 8.78 Å². The fourth-order valence-corrected chi connectivity index (χ4v) is 1.77. The van der Waals surface area contributed by atoms with Gasteiger partial charge in [0.15, 0.2) is 0 Å². The van der Waals surface area contributed by atoms with Crippen LogP contribution in [0.1, 0.15) is 32.6 Å². The maximum atomic E-state index is 12.2. The van der Waals surface area contributed by atoms with Crippen molar-refractivity contribution in [2.45, 2.75) is 51.1 Å². The molecule has 4 heteroatoms. The predicted octanol–water partition coefficient (Wildman–Crippen LogP) is 2.10. The third-order valence-electron chi connectivity index (χ3n) is 2.89. The topological polar surface area (TPSA) is 15.3 Å². The number of rotatable bonds is 8. The number of likely N-dealkylation sites (N-methyl/N-ethyl adjacent to an activating group) is 1. The average molecular weight is 220 g/mol. The SMILES string of the molecule is CCCC(CNC1CC1)N(C)CC(F)F. The van der Waals surface area contributed by atoms with Crippen LogP contribution in [0, 0.1) is 0 Å². The van der Waals surface area contributed by atoms with Crippen LogP contribution in [0.2, 0.25) is 0 Å². The smallest absolute Gasteiger partial charge is 0.251 e. The van der Waals surface area contributed by atoms with Gasteiger partial charge in [0.2, 0.25) is 0 Å². The Hall–Kier alpha value is -0.220. The molecule has 1 aliphatic rings. The van der Waals surface area contributed by atoms with Crippen LogP contribution < -0.4 is 5.32 Å². The van der Waals surface area contributed by atoms with Crippen LogP contribution in [-0.4, -0.2) is 43.5 Å². The van der Waals surface area contributed by atoms with Gasteiger partial charge in [-0.15, -0.1) is 0 Å². The van der Waals surface area contributed by atoms with Gasteiger partial charge in [0, 0.05) is 18.6 Å². The fraction of sp³-hybridized carbons (Fsp3) is 1.00. The van der Waals surface area contributed by atoms with Crippen LogP contribution in [0.15, 0.2) is 0 Å². The van der Waals surface area contributed by atoms with Crippen LogP contribution in [0.3, 0.4) is 0 Å². The normalized spacial score (nSPS) is 18.8. The summed E-state index contributed by atoms with van der Waals surface area (Å²) in [5, 5.41) is 3.41. The lowest BCUT2D eigenvalue weighted by atomic mass is 10.1. The number of alkyl halides is 2. The van der Waals surface area contributed by atoms with E-state index in [1.54, 1.807) is 11.9 Å². The number of hydrogen-bond acceptors (Lipinski definition) is 2. The van der Waals surface area contributed by atoms with Crippen molar-refractivity contribution in [1.82, 2.24) is 10.2 Å². The van der Waals surface area contributed by atoms with Crippen LogP contribution in [0.25, 0.3) is 0 Å². The first-order chi connectivity index (χ1) is 7.13. The zero-order valence-electron chi connectivity index (χ0n) is 9.68. The molecule has 1 saturated carbocycles. The third kappa shape index (κ3) is 5.42. The van der Waals surface area contributed by atoms with Crippen molar-refractivity contribution in [3.63, 3.8) is 0 Å². The summed E-state index contributed by atoms with van der Waals surface area (Å²) in [7, 11) is 1.79. The fourth-order valence-electron chi connectivity index (χ4n) is 1.77. The summed E-state index contributed by atoms with van der Waals surface area (Å²) >= 11 is 0. The Balaban J connectivity index is 2.25. The molecule has 0 spiro atoms. The standard InChI is InChI=1S/C11H22F2N2/c1-3-4-10(7-14-9-5-6-9)15(2)8-11(12)13/h9-11,14H,3-8H2,1-2H3. The molecular weight excluding hydrogens is 198 g/mol. The molecule has 90 valence electrons. The zero-order chi connectivity index (χ0) is 11.3. The predicted molar refractivity (Wildman–Crippen MR) is 58.4 cm³/mol. The molecule has 0 amide bonds. The molecule has 0 aromatic rings. The number of halogens is 2. The molecule has 1 aliphatic carbocycles. The summed E-state index contributed by atoms with van der Waals surface area (Å²) < 4.78 is 24.5. The van der Waals surface area contributed by atoms with E-state index in [1.807, 2.05) is 0 Å². The molecule has 0 saturated heterocycles. The Morgan fingerprint density at radius 1 is 1.40 bits per heavy atom. The summed E-state index contributed by atoms with van der Waals surface area (Å²) in [6.45, 7) is 2.83. The molecule has 0 radical (unpaired) electrons. The minimum Gasteiger partial charge on any atom is -0.312 e. The molecule has 2 nitrogen and oxygen atoms in total. The van der Waals surface area contributed by atoms with Gasteiger partial charge in [-0.3, -0.25) is 4.90 Å². The monoisotopic (exact) mass is 220 g/mol. The number of nitrogens with one attached hydrogen (secondary N) is 1. The Morgan fingerprint density at radius 3 is 2.53 bits per heavy atom. The van der Waals surface area contributed by atoms with E-state index < -0.39 is 6.43 Å². The molecule has 1 unspecified atom stereocenters. The average Bonchev–Trinajstić information content (AvgIpc) is 2.94. The maximum Gasteiger partial charge on any atom is 0.251 e. The molecule has 0 aromatic heterocycles. The van der Waals surface area contributed by atoms with Crippen LogP contribution >= 0.6 is 0 Å². The zero-order valence-corrected chi connectivity index (χ0v) is 9.68. The first-order valence-electron chi connectivity index (χ1n) is 5.85. The van der Waals surface area contributed by atoms with Crippen molar-refractivity contribution in [2.75, 3.05) is 20.1 Å². The number of hydrogen-bond donors (Lipinski definition) is 1.